The van der Waals surface area contributed by atoms with Crippen LogP contribution in [0, 0.1) is 5.92 Å². The van der Waals surface area contributed by atoms with Crippen molar-refractivity contribution in [3.05, 3.63) is 29.8 Å². The van der Waals surface area contributed by atoms with Gasteiger partial charge in [0.05, 0.1) is 11.4 Å². The molecular formula is C22H35N3O3S. The Labute approximate surface area is 175 Å². The summed E-state index contributed by atoms with van der Waals surface area (Å²) in [6, 6.07) is 7.53. The number of nitrogens with zero attached hydrogens (tertiary/aromatic N) is 2. The molecule has 1 N–H and O–H groups in total. The highest BCUT2D eigenvalue weighted by Gasteiger charge is 2.30. The van der Waals surface area contributed by atoms with Crippen molar-refractivity contribution in [1.82, 2.24) is 14.5 Å². The van der Waals surface area contributed by atoms with Crippen molar-refractivity contribution in [1.29, 1.82) is 0 Å². The van der Waals surface area contributed by atoms with E-state index in [4.69, 9.17) is 0 Å². The third kappa shape index (κ3) is 5.80. The van der Waals surface area contributed by atoms with Crippen molar-refractivity contribution < 1.29 is 13.2 Å². The van der Waals surface area contributed by atoms with Gasteiger partial charge in [0.25, 0.3) is 0 Å². The van der Waals surface area contributed by atoms with Crippen LogP contribution in [0.2, 0.25) is 0 Å². The zero-order valence-electron chi connectivity index (χ0n) is 17.8. The Morgan fingerprint density at radius 1 is 1.07 bits per heavy atom. The summed E-state index contributed by atoms with van der Waals surface area (Å²) < 4.78 is 27.4. The summed E-state index contributed by atoms with van der Waals surface area (Å²) in [5.41, 5.74) is 1.16. The molecule has 6 nitrogen and oxygen atoms in total. The number of carbonyl (C=O) groups excluding carboxylic acids is 1. The van der Waals surface area contributed by atoms with Crippen LogP contribution >= 0.6 is 0 Å². The maximum atomic E-state index is 12.9. The Hall–Kier alpha value is -1.44. The Morgan fingerprint density at radius 3 is 2.34 bits per heavy atom. The minimum absolute atomic E-state index is 0.0616. The van der Waals surface area contributed by atoms with Crippen LogP contribution in [0.1, 0.15) is 51.5 Å². The van der Waals surface area contributed by atoms with Gasteiger partial charge in [-0.15, -0.1) is 0 Å². The number of amides is 1. The van der Waals surface area contributed by atoms with Crippen LogP contribution in [-0.4, -0.2) is 62.3 Å². The zero-order valence-corrected chi connectivity index (χ0v) is 18.6. The Bertz CT molecular complexity index is 771. The molecule has 1 amide bonds. The number of hydrogen-bond donors (Lipinski definition) is 1. The summed E-state index contributed by atoms with van der Waals surface area (Å²) in [6.07, 6.45) is 6.69. The van der Waals surface area contributed by atoms with E-state index in [1.165, 1.54) is 19.3 Å². The van der Waals surface area contributed by atoms with Gasteiger partial charge in [-0.2, -0.15) is 4.31 Å². The van der Waals surface area contributed by atoms with Gasteiger partial charge in [-0.05, 0) is 42.9 Å². The van der Waals surface area contributed by atoms with Gasteiger partial charge < -0.3 is 5.32 Å². The molecular weight excluding hydrogens is 386 g/mol. The largest absolute Gasteiger partial charge is 0.352 e. The molecule has 1 aromatic rings. The molecule has 2 aliphatic rings. The first-order chi connectivity index (χ1) is 13.9. The van der Waals surface area contributed by atoms with E-state index in [1.807, 2.05) is 12.1 Å². The second-order valence-electron chi connectivity index (χ2n) is 8.51. The minimum Gasteiger partial charge on any atom is -0.352 e. The van der Waals surface area contributed by atoms with E-state index >= 15 is 0 Å². The maximum Gasteiger partial charge on any atom is 0.243 e. The molecule has 1 saturated carbocycles. The topological polar surface area (TPSA) is 69.7 Å². The fourth-order valence-electron chi connectivity index (χ4n) is 4.38. The average molecular weight is 422 g/mol. The minimum atomic E-state index is -3.47. The molecule has 2 atom stereocenters. The lowest BCUT2D eigenvalue weighted by Gasteiger charge is -2.34. The number of nitrogens with one attached hydrogen (secondary N) is 1. The van der Waals surface area contributed by atoms with E-state index in [-0.39, 0.29) is 11.9 Å². The lowest BCUT2D eigenvalue weighted by molar-refractivity contribution is -0.123. The van der Waals surface area contributed by atoms with E-state index < -0.39 is 10.0 Å². The Morgan fingerprint density at radius 2 is 1.72 bits per heavy atom. The molecule has 1 heterocycles. The number of benzene rings is 1. The molecule has 1 aromatic carbocycles. The summed E-state index contributed by atoms with van der Waals surface area (Å²) in [4.78, 5) is 14.8. The van der Waals surface area contributed by atoms with Gasteiger partial charge in [0.1, 0.15) is 0 Å². The highest BCUT2D eigenvalue weighted by molar-refractivity contribution is 7.89. The van der Waals surface area contributed by atoms with Crippen LogP contribution in [0.15, 0.2) is 29.2 Å². The summed E-state index contributed by atoms with van der Waals surface area (Å²) in [5, 5.41) is 3.19. The van der Waals surface area contributed by atoms with Crippen molar-refractivity contribution in [2.24, 2.45) is 5.92 Å². The fraction of sp³-hybridized carbons (Fsp3) is 0.682. The van der Waals surface area contributed by atoms with Crippen LogP contribution in [-0.2, 0) is 21.2 Å². The molecule has 1 aliphatic heterocycles. The molecule has 3 rings (SSSR count). The van der Waals surface area contributed by atoms with Crippen LogP contribution in [0.3, 0.4) is 0 Å². The molecule has 162 valence electrons. The smallest absolute Gasteiger partial charge is 0.243 e. The number of aryl methyl sites for hydroxylation is 1. The number of carbonyl (C=O) groups is 1. The zero-order chi connectivity index (χ0) is 20.9. The molecule has 0 spiro atoms. The SMILES string of the molecule is CCCc1ccc(S(=O)(=O)N2CCN(CC(=O)N[C@@H]3CCCC[C@@H]3C)CC2)cc1. The lowest BCUT2D eigenvalue weighted by Crippen LogP contribution is -2.52. The van der Waals surface area contributed by atoms with Crippen LogP contribution in [0.5, 0.6) is 0 Å². The molecule has 0 radical (unpaired) electrons. The second kappa shape index (κ2) is 10.0. The van der Waals surface area contributed by atoms with E-state index in [0.29, 0.717) is 43.5 Å². The standard InChI is InChI=1S/C22H35N3O3S/c1-3-6-19-9-11-20(12-10-19)29(27,28)25-15-13-24(14-16-25)17-22(26)23-21-8-5-4-7-18(21)2/h9-12,18,21H,3-8,13-17H2,1-2H3,(H,23,26)/t18-,21+/m0/s1. The molecule has 0 aromatic heterocycles. The van der Waals surface area contributed by atoms with Crippen LogP contribution < -0.4 is 5.32 Å². The van der Waals surface area contributed by atoms with Gasteiger partial charge in [0.2, 0.25) is 15.9 Å². The third-order valence-corrected chi connectivity index (χ3v) is 8.17. The summed E-state index contributed by atoms with van der Waals surface area (Å²) in [6.45, 7) is 6.69. The summed E-state index contributed by atoms with van der Waals surface area (Å²) in [7, 11) is -3.47. The highest BCUT2D eigenvalue weighted by atomic mass is 32.2. The van der Waals surface area contributed by atoms with E-state index in [9.17, 15) is 13.2 Å². The van der Waals surface area contributed by atoms with Crippen LogP contribution in [0.25, 0.3) is 0 Å². The molecule has 2 fully saturated rings. The normalized spacial score (nSPS) is 24.3. The predicted molar refractivity (Wildman–Crippen MR) is 115 cm³/mol. The molecule has 1 aliphatic carbocycles. The number of sulfonamides is 1. The quantitative estimate of drug-likeness (QED) is 0.735. The first kappa shape index (κ1) is 22.2. The Kier molecular flexibility index (Phi) is 7.71. The van der Waals surface area contributed by atoms with E-state index in [2.05, 4.69) is 24.1 Å². The second-order valence-corrected chi connectivity index (χ2v) is 10.4. The summed E-state index contributed by atoms with van der Waals surface area (Å²) in [5.74, 6) is 0.602. The molecule has 29 heavy (non-hydrogen) atoms. The van der Waals surface area contributed by atoms with Gasteiger partial charge in [0, 0.05) is 32.2 Å². The number of rotatable bonds is 7. The van der Waals surface area contributed by atoms with Crippen LogP contribution in [0.4, 0.5) is 0 Å². The predicted octanol–water partition coefficient (Wildman–Crippen LogP) is 2.64. The van der Waals surface area contributed by atoms with Crippen molar-refractivity contribution in [2.75, 3.05) is 32.7 Å². The Balaban J connectivity index is 1.49. The van der Waals surface area contributed by atoms with Crippen molar-refractivity contribution in [2.45, 2.75) is 63.3 Å². The fourth-order valence-corrected chi connectivity index (χ4v) is 5.80. The van der Waals surface area contributed by atoms with Crippen molar-refractivity contribution in [3.63, 3.8) is 0 Å². The summed E-state index contributed by atoms with van der Waals surface area (Å²) >= 11 is 0. The number of piperazine rings is 1. The average Bonchev–Trinajstić information content (AvgIpc) is 2.71. The maximum absolute atomic E-state index is 12.9. The molecule has 0 bridgehead atoms. The first-order valence-corrected chi connectivity index (χ1v) is 12.4. The van der Waals surface area contributed by atoms with Crippen molar-refractivity contribution in [3.8, 4) is 0 Å². The molecule has 0 unspecified atom stereocenters. The number of hydrogen-bond acceptors (Lipinski definition) is 4. The van der Waals surface area contributed by atoms with E-state index in [1.54, 1.807) is 16.4 Å². The van der Waals surface area contributed by atoms with Crippen molar-refractivity contribution >= 4 is 15.9 Å². The first-order valence-electron chi connectivity index (χ1n) is 11.0. The lowest BCUT2D eigenvalue weighted by atomic mass is 9.86. The van der Waals surface area contributed by atoms with Gasteiger partial charge in [-0.3, -0.25) is 9.69 Å². The van der Waals surface area contributed by atoms with Gasteiger partial charge in [-0.25, -0.2) is 8.42 Å². The molecule has 1 saturated heterocycles. The van der Waals surface area contributed by atoms with Gasteiger partial charge >= 0.3 is 0 Å². The van der Waals surface area contributed by atoms with E-state index in [0.717, 1.165) is 24.8 Å². The highest BCUT2D eigenvalue weighted by Crippen LogP contribution is 2.24. The molecule has 7 heteroatoms. The third-order valence-electron chi connectivity index (χ3n) is 6.26. The van der Waals surface area contributed by atoms with Gasteiger partial charge in [-0.1, -0.05) is 45.2 Å². The monoisotopic (exact) mass is 421 g/mol. The van der Waals surface area contributed by atoms with Gasteiger partial charge in [0.15, 0.2) is 0 Å².